The van der Waals surface area contributed by atoms with Gasteiger partial charge in [-0.3, -0.25) is 9.89 Å². The van der Waals surface area contributed by atoms with Crippen LogP contribution >= 0.6 is 0 Å². The number of hydrogen-bond acceptors (Lipinski definition) is 5. The Labute approximate surface area is 106 Å². The van der Waals surface area contributed by atoms with E-state index in [0.717, 1.165) is 0 Å². The standard InChI is InChI=1S/C11H20N4O3/c1-10(2,3)9-13-7(14-15-9)8(17)12-5-11(4,18)6-16/h16,18H,5-6H2,1-4H3,(H,12,17)(H,13,14,15). The number of nitrogens with zero attached hydrogens (tertiary/aromatic N) is 2. The molecule has 0 radical (unpaired) electrons. The van der Waals surface area contributed by atoms with E-state index in [0.29, 0.717) is 5.82 Å². The summed E-state index contributed by atoms with van der Waals surface area (Å²) in [5.41, 5.74) is -1.57. The lowest BCUT2D eigenvalue weighted by molar-refractivity contribution is 0.00312. The van der Waals surface area contributed by atoms with E-state index in [4.69, 9.17) is 5.11 Å². The Hall–Kier alpha value is -1.47. The number of carbonyl (C=O) groups excluding carboxylic acids is 1. The van der Waals surface area contributed by atoms with Crippen molar-refractivity contribution in [2.24, 2.45) is 0 Å². The van der Waals surface area contributed by atoms with Crippen molar-refractivity contribution in [3.8, 4) is 0 Å². The van der Waals surface area contributed by atoms with Gasteiger partial charge in [-0.05, 0) is 6.92 Å². The highest BCUT2D eigenvalue weighted by Gasteiger charge is 2.24. The van der Waals surface area contributed by atoms with Gasteiger partial charge in [0.2, 0.25) is 5.82 Å². The third kappa shape index (κ3) is 3.78. The molecule has 18 heavy (non-hydrogen) atoms. The Bertz CT molecular complexity index is 420. The molecule has 102 valence electrons. The summed E-state index contributed by atoms with van der Waals surface area (Å²) in [5, 5.41) is 27.4. The number of H-pyrrole nitrogens is 1. The highest BCUT2D eigenvalue weighted by Crippen LogP contribution is 2.17. The number of aromatic amines is 1. The first kappa shape index (κ1) is 14.6. The molecule has 1 amide bonds. The van der Waals surface area contributed by atoms with Crippen LogP contribution < -0.4 is 5.32 Å². The van der Waals surface area contributed by atoms with Gasteiger partial charge in [0.15, 0.2) is 0 Å². The van der Waals surface area contributed by atoms with Crippen molar-refractivity contribution < 1.29 is 15.0 Å². The minimum atomic E-state index is -1.35. The van der Waals surface area contributed by atoms with Gasteiger partial charge >= 0.3 is 0 Å². The SMILES string of the molecule is CC(O)(CO)CNC(=O)c1n[nH]c(C(C)(C)C)n1. The van der Waals surface area contributed by atoms with Crippen LogP contribution in [-0.4, -0.2) is 50.1 Å². The van der Waals surface area contributed by atoms with E-state index >= 15 is 0 Å². The number of aliphatic hydroxyl groups is 2. The predicted molar refractivity (Wildman–Crippen MR) is 65.1 cm³/mol. The van der Waals surface area contributed by atoms with E-state index < -0.39 is 18.1 Å². The molecule has 7 heteroatoms. The molecule has 1 aromatic rings. The van der Waals surface area contributed by atoms with Crippen molar-refractivity contribution in [3.05, 3.63) is 11.6 Å². The van der Waals surface area contributed by atoms with Crippen molar-refractivity contribution in [1.29, 1.82) is 0 Å². The molecule has 0 spiro atoms. The first-order valence-corrected chi connectivity index (χ1v) is 5.70. The second kappa shape index (κ2) is 5.03. The number of aliphatic hydroxyl groups excluding tert-OH is 1. The van der Waals surface area contributed by atoms with Gasteiger partial charge in [0, 0.05) is 12.0 Å². The van der Waals surface area contributed by atoms with Gasteiger partial charge in [-0.1, -0.05) is 20.8 Å². The van der Waals surface area contributed by atoms with Gasteiger partial charge < -0.3 is 15.5 Å². The van der Waals surface area contributed by atoms with Crippen LogP contribution in [0.4, 0.5) is 0 Å². The second-order valence-corrected chi connectivity index (χ2v) is 5.60. The van der Waals surface area contributed by atoms with Crippen LogP contribution in [0.1, 0.15) is 44.1 Å². The maximum Gasteiger partial charge on any atom is 0.291 e. The molecular weight excluding hydrogens is 236 g/mol. The van der Waals surface area contributed by atoms with Crippen LogP contribution in [0, 0.1) is 0 Å². The van der Waals surface area contributed by atoms with Crippen LogP contribution in [0.15, 0.2) is 0 Å². The molecule has 0 aliphatic carbocycles. The summed E-state index contributed by atoms with van der Waals surface area (Å²) >= 11 is 0. The quantitative estimate of drug-likeness (QED) is 0.584. The Morgan fingerprint density at radius 3 is 2.44 bits per heavy atom. The minimum absolute atomic E-state index is 0.0219. The molecule has 4 N–H and O–H groups in total. The highest BCUT2D eigenvalue weighted by atomic mass is 16.3. The number of carbonyl (C=O) groups is 1. The summed E-state index contributed by atoms with van der Waals surface area (Å²) in [4.78, 5) is 15.8. The molecule has 0 saturated heterocycles. The molecule has 0 aliphatic heterocycles. The molecule has 7 nitrogen and oxygen atoms in total. The average molecular weight is 256 g/mol. The van der Waals surface area contributed by atoms with Crippen LogP contribution in [0.5, 0.6) is 0 Å². The molecule has 1 atom stereocenters. The van der Waals surface area contributed by atoms with E-state index in [-0.39, 0.29) is 17.8 Å². The zero-order valence-corrected chi connectivity index (χ0v) is 11.1. The van der Waals surface area contributed by atoms with E-state index in [9.17, 15) is 9.90 Å². The van der Waals surface area contributed by atoms with Crippen molar-refractivity contribution in [3.63, 3.8) is 0 Å². The molecule has 0 bridgehead atoms. The normalized spacial score (nSPS) is 15.2. The number of amides is 1. The monoisotopic (exact) mass is 256 g/mol. The predicted octanol–water partition coefficient (Wildman–Crippen LogP) is -0.425. The molecule has 0 fully saturated rings. The number of nitrogens with one attached hydrogen (secondary N) is 2. The van der Waals surface area contributed by atoms with Gasteiger partial charge in [0.1, 0.15) is 11.4 Å². The van der Waals surface area contributed by atoms with Crippen molar-refractivity contribution in [2.45, 2.75) is 38.7 Å². The largest absolute Gasteiger partial charge is 0.393 e. The van der Waals surface area contributed by atoms with Crippen molar-refractivity contribution in [2.75, 3.05) is 13.2 Å². The van der Waals surface area contributed by atoms with E-state index in [1.807, 2.05) is 20.8 Å². The zero-order chi connectivity index (χ0) is 14.0. The summed E-state index contributed by atoms with van der Waals surface area (Å²) in [6.07, 6.45) is 0. The molecule has 0 aromatic carbocycles. The fourth-order valence-corrected chi connectivity index (χ4v) is 1.10. The Balaban J connectivity index is 2.66. The summed E-state index contributed by atoms with van der Waals surface area (Å²) in [6.45, 7) is 6.77. The molecule has 1 unspecified atom stereocenters. The van der Waals surface area contributed by atoms with Crippen LogP contribution in [0.3, 0.4) is 0 Å². The lowest BCUT2D eigenvalue weighted by Gasteiger charge is -2.19. The smallest absolute Gasteiger partial charge is 0.291 e. The van der Waals surface area contributed by atoms with Crippen molar-refractivity contribution >= 4 is 5.91 Å². The first-order chi connectivity index (χ1) is 8.15. The number of rotatable bonds is 4. The molecule has 1 aromatic heterocycles. The Kier molecular flexibility index (Phi) is 4.08. The Morgan fingerprint density at radius 2 is 2.00 bits per heavy atom. The third-order valence-corrected chi connectivity index (χ3v) is 2.37. The van der Waals surface area contributed by atoms with Gasteiger partial charge in [0.25, 0.3) is 5.91 Å². The molecule has 0 saturated carbocycles. The number of hydrogen-bond donors (Lipinski definition) is 4. The highest BCUT2D eigenvalue weighted by molar-refractivity contribution is 5.90. The van der Waals surface area contributed by atoms with E-state index in [2.05, 4.69) is 20.5 Å². The van der Waals surface area contributed by atoms with E-state index in [1.165, 1.54) is 6.92 Å². The fraction of sp³-hybridized carbons (Fsp3) is 0.727. The lowest BCUT2D eigenvalue weighted by Crippen LogP contribution is -2.43. The first-order valence-electron chi connectivity index (χ1n) is 5.70. The van der Waals surface area contributed by atoms with E-state index in [1.54, 1.807) is 0 Å². The summed E-state index contributed by atoms with van der Waals surface area (Å²) in [5.74, 6) is 0.144. The number of aromatic nitrogens is 3. The topological polar surface area (TPSA) is 111 Å². The zero-order valence-electron chi connectivity index (χ0n) is 11.1. The van der Waals surface area contributed by atoms with Crippen LogP contribution in [-0.2, 0) is 5.41 Å². The van der Waals surface area contributed by atoms with Gasteiger partial charge in [0.05, 0.1) is 6.61 Å². The van der Waals surface area contributed by atoms with Crippen LogP contribution in [0.25, 0.3) is 0 Å². The molecular formula is C11H20N4O3. The summed E-state index contributed by atoms with van der Waals surface area (Å²) in [6, 6.07) is 0. The summed E-state index contributed by atoms with van der Waals surface area (Å²) < 4.78 is 0. The van der Waals surface area contributed by atoms with Crippen molar-refractivity contribution in [1.82, 2.24) is 20.5 Å². The average Bonchev–Trinajstić information content (AvgIpc) is 2.75. The fourth-order valence-electron chi connectivity index (χ4n) is 1.10. The third-order valence-electron chi connectivity index (χ3n) is 2.37. The van der Waals surface area contributed by atoms with Gasteiger partial charge in [-0.25, -0.2) is 4.98 Å². The molecule has 0 aliphatic rings. The molecule has 1 heterocycles. The summed E-state index contributed by atoms with van der Waals surface area (Å²) in [7, 11) is 0. The van der Waals surface area contributed by atoms with Crippen LogP contribution in [0.2, 0.25) is 0 Å². The minimum Gasteiger partial charge on any atom is -0.393 e. The lowest BCUT2D eigenvalue weighted by atomic mass is 9.96. The van der Waals surface area contributed by atoms with Gasteiger partial charge in [-0.2, -0.15) is 0 Å². The maximum atomic E-state index is 11.7. The second-order valence-electron chi connectivity index (χ2n) is 5.60. The van der Waals surface area contributed by atoms with Gasteiger partial charge in [-0.15, -0.1) is 5.10 Å². The maximum absolute atomic E-state index is 11.7. The Morgan fingerprint density at radius 1 is 1.39 bits per heavy atom. The molecule has 1 rings (SSSR count).